The van der Waals surface area contributed by atoms with E-state index in [-0.39, 0.29) is 18.6 Å². The normalized spacial score (nSPS) is 13.7. The molecule has 8 nitrogen and oxygen atoms in total. The van der Waals surface area contributed by atoms with Gasteiger partial charge in [0.15, 0.2) is 11.5 Å². The van der Waals surface area contributed by atoms with Gasteiger partial charge in [-0.15, -0.1) is 0 Å². The molecule has 1 fully saturated rings. The number of hydrogen-bond donors (Lipinski definition) is 1. The van der Waals surface area contributed by atoms with Crippen molar-refractivity contribution in [2.45, 2.75) is 38.7 Å². The van der Waals surface area contributed by atoms with Crippen molar-refractivity contribution in [3.05, 3.63) is 53.6 Å². The van der Waals surface area contributed by atoms with Gasteiger partial charge in [0.05, 0.1) is 26.0 Å². The number of rotatable bonds is 8. The second-order valence-electron chi connectivity index (χ2n) is 7.43. The maximum absolute atomic E-state index is 12.7. The summed E-state index contributed by atoms with van der Waals surface area (Å²) in [6.07, 6.45) is 5.74. The van der Waals surface area contributed by atoms with Gasteiger partial charge >= 0.3 is 6.09 Å². The fourth-order valence-electron chi connectivity index (χ4n) is 3.43. The quantitative estimate of drug-likeness (QED) is 0.476. The minimum atomic E-state index is -0.538. The Labute approximate surface area is 188 Å². The van der Waals surface area contributed by atoms with Crippen LogP contribution in [0.15, 0.2) is 47.6 Å². The predicted molar refractivity (Wildman–Crippen MR) is 123 cm³/mol. The minimum Gasteiger partial charge on any atom is -0.493 e. The van der Waals surface area contributed by atoms with Crippen molar-refractivity contribution >= 4 is 23.9 Å². The number of methoxy groups -OCH3 is 1. The summed E-state index contributed by atoms with van der Waals surface area (Å²) in [5.74, 6) is 1.08. The van der Waals surface area contributed by atoms with E-state index in [1.54, 1.807) is 51.6 Å². The number of carbonyl (C=O) groups excluding carboxylic acids is 2. The molecule has 0 aromatic heterocycles. The van der Waals surface area contributed by atoms with Crippen molar-refractivity contribution in [2.24, 2.45) is 5.10 Å². The van der Waals surface area contributed by atoms with Crippen molar-refractivity contribution in [3.8, 4) is 11.5 Å². The molecule has 32 heavy (non-hydrogen) atoms. The van der Waals surface area contributed by atoms with E-state index >= 15 is 0 Å². The molecule has 0 atom stereocenters. The molecule has 3 rings (SSSR count). The first-order valence-electron chi connectivity index (χ1n) is 10.7. The molecular formula is C24H29N3O5. The van der Waals surface area contributed by atoms with Crippen molar-refractivity contribution in [3.63, 3.8) is 0 Å². The minimum absolute atomic E-state index is 0.210. The Balaban J connectivity index is 1.64. The SMILES string of the molecule is CCOC(=O)Nc1ccc(C(=O)N(C)N=Cc2ccc(OC)c(OC3CCCC3)c2)cc1. The molecule has 0 saturated heterocycles. The summed E-state index contributed by atoms with van der Waals surface area (Å²) in [6.45, 7) is 2.01. The Morgan fingerprint density at radius 2 is 1.84 bits per heavy atom. The molecule has 1 saturated carbocycles. The number of nitrogens with one attached hydrogen (secondary N) is 1. The molecule has 1 aliphatic carbocycles. The first-order chi connectivity index (χ1) is 15.5. The van der Waals surface area contributed by atoms with Gasteiger partial charge in [0.1, 0.15) is 0 Å². The van der Waals surface area contributed by atoms with Gasteiger partial charge in [0, 0.05) is 18.3 Å². The van der Waals surface area contributed by atoms with Crippen molar-refractivity contribution < 1.29 is 23.8 Å². The number of hydrogen-bond acceptors (Lipinski definition) is 6. The second-order valence-corrected chi connectivity index (χ2v) is 7.43. The average Bonchev–Trinajstić information content (AvgIpc) is 3.31. The van der Waals surface area contributed by atoms with Crippen LogP contribution in [0.2, 0.25) is 0 Å². The first-order valence-corrected chi connectivity index (χ1v) is 10.7. The summed E-state index contributed by atoms with van der Waals surface area (Å²) in [6, 6.07) is 12.1. The number of nitrogens with zero attached hydrogens (tertiary/aromatic N) is 2. The molecule has 0 heterocycles. The molecule has 2 aromatic rings. The molecule has 0 radical (unpaired) electrons. The second kappa shape index (κ2) is 11.2. The van der Waals surface area contributed by atoms with Crippen LogP contribution in [0.1, 0.15) is 48.5 Å². The lowest BCUT2D eigenvalue weighted by Crippen LogP contribution is -2.21. The lowest BCUT2D eigenvalue weighted by Gasteiger charge is -2.16. The number of anilines is 1. The summed E-state index contributed by atoms with van der Waals surface area (Å²) in [5.41, 5.74) is 1.78. The van der Waals surface area contributed by atoms with Gasteiger partial charge in [0.2, 0.25) is 0 Å². The van der Waals surface area contributed by atoms with E-state index in [2.05, 4.69) is 10.4 Å². The third kappa shape index (κ3) is 6.23. The van der Waals surface area contributed by atoms with Crippen LogP contribution >= 0.6 is 0 Å². The zero-order valence-corrected chi connectivity index (χ0v) is 18.7. The van der Waals surface area contributed by atoms with E-state index in [1.165, 1.54) is 17.9 Å². The predicted octanol–water partition coefficient (Wildman–Crippen LogP) is 4.69. The molecule has 8 heteroatoms. The Bertz CT molecular complexity index is 953. The summed E-state index contributed by atoms with van der Waals surface area (Å²) in [5, 5.41) is 8.11. The molecule has 2 amide bonds. The van der Waals surface area contributed by atoms with E-state index in [0.29, 0.717) is 22.7 Å². The molecule has 2 aromatic carbocycles. The molecule has 1 N–H and O–H groups in total. The first kappa shape index (κ1) is 23.1. The molecule has 1 aliphatic rings. The van der Waals surface area contributed by atoms with Crippen LogP contribution in [0, 0.1) is 0 Å². The van der Waals surface area contributed by atoms with Crippen LogP contribution in [0.5, 0.6) is 11.5 Å². The third-order valence-electron chi connectivity index (χ3n) is 5.11. The highest BCUT2D eigenvalue weighted by molar-refractivity contribution is 5.95. The smallest absolute Gasteiger partial charge is 0.411 e. The largest absolute Gasteiger partial charge is 0.493 e. The summed E-state index contributed by atoms with van der Waals surface area (Å²) < 4.78 is 16.4. The average molecular weight is 440 g/mol. The van der Waals surface area contributed by atoms with E-state index in [1.807, 2.05) is 18.2 Å². The zero-order valence-electron chi connectivity index (χ0n) is 18.7. The summed E-state index contributed by atoms with van der Waals surface area (Å²) in [7, 11) is 3.20. The monoisotopic (exact) mass is 439 g/mol. The molecule has 0 bridgehead atoms. The van der Waals surface area contributed by atoms with E-state index in [9.17, 15) is 9.59 Å². The molecular weight excluding hydrogens is 410 g/mol. The van der Waals surface area contributed by atoms with Gasteiger partial charge in [-0.05, 0) is 80.6 Å². The summed E-state index contributed by atoms with van der Waals surface area (Å²) >= 11 is 0. The molecule has 0 unspecified atom stereocenters. The maximum atomic E-state index is 12.7. The number of ether oxygens (including phenoxy) is 3. The Morgan fingerprint density at radius 1 is 1.12 bits per heavy atom. The molecule has 0 spiro atoms. The topological polar surface area (TPSA) is 89.5 Å². The fourth-order valence-corrected chi connectivity index (χ4v) is 3.43. The van der Waals surface area contributed by atoms with Crippen LogP contribution in [-0.4, -0.2) is 50.1 Å². The van der Waals surface area contributed by atoms with Crippen LogP contribution in [0.4, 0.5) is 10.5 Å². The molecule has 170 valence electrons. The Hall–Kier alpha value is -3.55. The van der Waals surface area contributed by atoms with Gasteiger partial charge in [0.25, 0.3) is 5.91 Å². The van der Waals surface area contributed by atoms with Crippen molar-refractivity contribution in [2.75, 3.05) is 26.1 Å². The van der Waals surface area contributed by atoms with Gasteiger partial charge in [-0.3, -0.25) is 10.1 Å². The Kier molecular flexibility index (Phi) is 8.08. The summed E-state index contributed by atoms with van der Waals surface area (Å²) in [4.78, 5) is 24.1. The van der Waals surface area contributed by atoms with E-state index in [4.69, 9.17) is 14.2 Å². The highest BCUT2D eigenvalue weighted by atomic mass is 16.5. The van der Waals surface area contributed by atoms with Crippen LogP contribution in [0.3, 0.4) is 0 Å². The van der Waals surface area contributed by atoms with Gasteiger partial charge in [-0.25, -0.2) is 9.80 Å². The van der Waals surface area contributed by atoms with Crippen LogP contribution in [0.25, 0.3) is 0 Å². The van der Waals surface area contributed by atoms with Crippen molar-refractivity contribution in [1.82, 2.24) is 5.01 Å². The third-order valence-corrected chi connectivity index (χ3v) is 5.11. The number of amides is 2. The van der Waals surface area contributed by atoms with Crippen LogP contribution < -0.4 is 14.8 Å². The maximum Gasteiger partial charge on any atom is 0.411 e. The number of hydrazone groups is 1. The van der Waals surface area contributed by atoms with Crippen molar-refractivity contribution in [1.29, 1.82) is 0 Å². The lowest BCUT2D eigenvalue weighted by molar-refractivity contribution is 0.0800. The number of carbonyl (C=O) groups is 2. The fraction of sp³-hybridized carbons (Fsp3) is 0.375. The van der Waals surface area contributed by atoms with Gasteiger partial charge in [-0.1, -0.05) is 0 Å². The van der Waals surface area contributed by atoms with Gasteiger partial charge in [-0.2, -0.15) is 5.10 Å². The molecule has 0 aliphatic heterocycles. The highest BCUT2D eigenvalue weighted by Crippen LogP contribution is 2.32. The number of benzene rings is 2. The Morgan fingerprint density at radius 3 is 2.50 bits per heavy atom. The van der Waals surface area contributed by atoms with E-state index in [0.717, 1.165) is 18.4 Å². The standard InChI is InChI=1S/C24H29N3O5/c1-4-31-24(29)26-19-12-10-18(11-13-19)23(28)27(2)25-16-17-9-14-21(30-3)22(15-17)32-20-7-5-6-8-20/h9-16,20H,4-8H2,1-3H3,(H,26,29). The zero-order chi connectivity index (χ0) is 22.9. The van der Waals surface area contributed by atoms with E-state index < -0.39 is 6.09 Å². The highest BCUT2D eigenvalue weighted by Gasteiger charge is 2.18. The lowest BCUT2D eigenvalue weighted by atomic mass is 10.2. The van der Waals surface area contributed by atoms with Gasteiger partial charge < -0.3 is 14.2 Å². The van der Waals surface area contributed by atoms with Crippen LogP contribution in [-0.2, 0) is 4.74 Å².